The number of likely N-dealkylation sites (N-methyl/N-ethyl adjacent to an activating group) is 1. The maximum absolute atomic E-state index is 11.1. The third kappa shape index (κ3) is 5.46. The number of rotatable bonds is 6. The van der Waals surface area contributed by atoms with Gasteiger partial charge in [0.05, 0.1) is 30.8 Å². The van der Waals surface area contributed by atoms with Gasteiger partial charge in [-0.3, -0.25) is 0 Å². The van der Waals surface area contributed by atoms with Gasteiger partial charge in [-0.05, 0) is 13.5 Å². The van der Waals surface area contributed by atoms with Crippen LogP contribution in [0.4, 0.5) is 0 Å². The lowest BCUT2D eigenvalue weighted by Gasteiger charge is -2.53. The first-order valence-electron chi connectivity index (χ1n) is 12.6. The van der Waals surface area contributed by atoms with Gasteiger partial charge in [-0.15, -0.1) is 0 Å². The van der Waals surface area contributed by atoms with E-state index < -0.39 is 117 Å². The van der Waals surface area contributed by atoms with Crippen LogP contribution in [-0.2, 0) is 23.7 Å². The summed E-state index contributed by atoms with van der Waals surface area (Å²) in [7, 11) is 1.49. The Kier molecular flexibility index (Phi) is 9.60. The highest BCUT2D eigenvalue weighted by molar-refractivity contribution is 5.04. The Hall–Kier alpha value is -0.680. The summed E-state index contributed by atoms with van der Waals surface area (Å²) in [6, 6.07) is -4.84. The van der Waals surface area contributed by atoms with Gasteiger partial charge in [0.25, 0.3) is 0 Å². The molecule has 0 bridgehead atoms. The van der Waals surface area contributed by atoms with Crippen LogP contribution in [-0.4, -0.2) is 160 Å². The molecule has 1 aliphatic carbocycles. The van der Waals surface area contributed by atoms with Crippen LogP contribution >= 0.6 is 0 Å². The average Bonchev–Trinajstić information content (AvgIpc) is 2.89. The van der Waals surface area contributed by atoms with Crippen LogP contribution in [0.3, 0.4) is 0 Å². The molecule has 0 amide bonds. The molecule has 4 rings (SSSR count). The highest BCUT2D eigenvalue weighted by Crippen LogP contribution is 2.35. The Labute approximate surface area is 218 Å². The smallest absolute Gasteiger partial charge is 0.189 e. The molecule has 4 aliphatic rings. The zero-order valence-corrected chi connectivity index (χ0v) is 20.8. The van der Waals surface area contributed by atoms with Gasteiger partial charge in [0.1, 0.15) is 54.9 Å². The average molecular weight is 556 g/mol. The summed E-state index contributed by atoms with van der Waals surface area (Å²) in [5.74, 6) is 0. The maximum Gasteiger partial charge on any atom is 0.189 e. The Morgan fingerprint density at radius 3 is 1.95 bits per heavy atom. The van der Waals surface area contributed by atoms with Crippen LogP contribution in [0, 0.1) is 0 Å². The number of hydrogen-bond acceptors (Lipinski definition) is 17. The first-order valence-corrected chi connectivity index (χ1v) is 12.6. The van der Waals surface area contributed by atoms with E-state index in [0.29, 0.717) is 0 Å². The summed E-state index contributed by atoms with van der Waals surface area (Å²) in [6.45, 7) is -0.551. The van der Waals surface area contributed by atoms with E-state index in [1.807, 2.05) is 0 Å². The molecule has 17 heteroatoms. The molecule has 0 spiro atoms. The van der Waals surface area contributed by atoms with Crippen LogP contribution in [0.2, 0.25) is 0 Å². The van der Waals surface area contributed by atoms with E-state index in [2.05, 4.69) is 5.32 Å². The molecule has 18 atom stereocenters. The lowest BCUT2D eigenvalue weighted by molar-refractivity contribution is -0.384. The molecule has 3 aliphatic heterocycles. The minimum Gasteiger partial charge on any atom is -0.394 e. The summed E-state index contributed by atoms with van der Waals surface area (Å²) in [5, 5.41) is 75.6. The highest BCUT2D eigenvalue weighted by atomic mass is 16.8. The van der Waals surface area contributed by atoms with Crippen LogP contribution in [0.1, 0.15) is 6.42 Å². The minimum atomic E-state index is -1.61. The number of aliphatic hydroxyl groups is 7. The number of nitrogens with one attached hydrogen (secondary N) is 1. The molecule has 0 aromatic heterocycles. The van der Waals surface area contributed by atoms with Gasteiger partial charge in [-0.1, -0.05) is 0 Å². The summed E-state index contributed by atoms with van der Waals surface area (Å²) >= 11 is 0. The van der Waals surface area contributed by atoms with E-state index in [-0.39, 0.29) is 6.42 Å². The van der Waals surface area contributed by atoms with Gasteiger partial charge in [0.2, 0.25) is 0 Å². The first kappa shape index (κ1) is 30.3. The standard InChI is InChI=1S/C21H41N5O12/c1-26-9-13(31)18-17(37-20(9)38-21-15(33)11(29)7(24)6(3-27)34-21)12(30)8(25)19(36-18)35-16-5(23)2-4(22)10(28)14(16)32/h4-21,26-33H,2-3,22-25H2,1H3/t4?,5?,6?,7?,8-,9?,10?,11?,12?,13?,14?,15?,16?,17-,18?,19-,20?,21?/m0/s1. The van der Waals surface area contributed by atoms with Crippen molar-refractivity contribution in [3.8, 4) is 0 Å². The number of nitrogens with two attached hydrogens (primary N) is 4. The molecule has 0 aromatic carbocycles. The van der Waals surface area contributed by atoms with Crippen molar-refractivity contribution in [3.05, 3.63) is 0 Å². The van der Waals surface area contributed by atoms with Crippen molar-refractivity contribution in [1.82, 2.24) is 5.32 Å². The topological polar surface area (TPSA) is 304 Å². The predicted octanol–water partition coefficient (Wildman–Crippen LogP) is -7.98. The zero-order chi connectivity index (χ0) is 28.0. The Morgan fingerprint density at radius 1 is 0.684 bits per heavy atom. The summed E-state index contributed by atoms with van der Waals surface area (Å²) in [4.78, 5) is 0. The number of fused-ring (bicyclic) bond motifs is 1. The van der Waals surface area contributed by atoms with E-state index in [0.717, 1.165) is 0 Å². The summed E-state index contributed by atoms with van der Waals surface area (Å²) in [6.07, 6.45) is -17.3. The third-order valence-corrected chi connectivity index (χ3v) is 7.87. The summed E-state index contributed by atoms with van der Waals surface area (Å²) < 4.78 is 28.8. The van der Waals surface area contributed by atoms with Gasteiger partial charge >= 0.3 is 0 Å². The molecule has 3 heterocycles. The van der Waals surface area contributed by atoms with E-state index in [1.165, 1.54) is 7.05 Å². The quantitative estimate of drug-likeness (QED) is 0.145. The molecule has 0 radical (unpaired) electrons. The zero-order valence-electron chi connectivity index (χ0n) is 20.8. The fourth-order valence-corrected chi connectivity index (χ4v) is 5.47. The molecule has 15 unspecified atom stereocenters. The molecule has 0 aromatic rings. The van der Waals surface area contributed by atoms with Gasteiger partial charge in [0.15, 0.2) is 18.9 Å². The normalized spacial score (nSPS) is 55.9. The van der Waals surface area contributed by atoms with Crippen LogP contribution < -0.4 is 28.3 Å². The molecule has 17 nitrogen and oxygen atoms in total. The van der Waals surface area contributed by atoms with E-state index >= 15 is 0 Å². The molecule has 38 heavy (non-hydrogen) atoms. The lowest BCUT2D eigenvalue weighted by Crippen LogP contribution is -2.74. The Morgan fingerprint density at radius 2 is 1.32 bits per heavy atom. The maximum atomic E-state index is 11.1. The summed E-state index contributed by atoms with van der Waals surface area (Å²) in [5.41, 5.74) is 23.8. The fourth-order valence-electron chi connectivity index (χ4n) is 5.47. The second-order valence-corrected chi connectivity index (χ2v) is 10.4. The van der Waals surface area contributed by atoms with Crippen LogP contribution in [0.5, 0.6) is 0 Å². The third-order valence-electron chi connectivity index (χ3n) is 7.87. The highest BCUT2D eigenvalue weighted by Gasteiger charge is 2.57. The van der Waals surface area contributed by atoms with Crippen molar-refractivity contribution in [3.63, 3.8) is 0 Å². The van der Waals surface area contributed by atoms with E-state index in [9.17, 15) is 35.7 Å². The molecule has 4 fully saturated rings. The van der Waals surface area contributed by atoms with Crippen molar-refractivity contribution in [2.75, 3.05) is 13.7 Å². The second-order valence-electron chi connectivity index (χ2n) is 10.4. The first-order chi connectivity index (χ1) is 17.9. The van der Waals surface area contributed by atoms with Crippen molar-refractivity contribution in [2.24, 2.45) is 22.9 Å². The number of ether oxygens (including phenoxy) is 5. The Balaban J connectivity index is 1.48. The van der Waals surface area contributed by atoms with E-state index in [1.54, 1.807) is 0 Å². The lowest BCUT2D eigenvalue weighted by atomic mass is 9.84. The molecule has 16 N–H and O–H groups in total. The van der Waals surface area contributed by atoms with Crippen molar-refractivity contribution in [1.29, 1.82) is 0 Å². The molecule has 222 valence electrons. The van der Waals surface area contributed by atoms with Gasteiger partial charge in [-0.25, -0.2) is 0 Å². The molecule has 3 saturated heterocycles. The molecule has 1 saturated carbocycles. The van der Waals surface area contributed by atoms with Crippen molar-refractivity contribution in [2.45, 2.75) is 117 Å². The molecular formula is C21H41N5O12. The number of aliphatic hydroxyl groups excluding tert-OH is 7. The van der Waals surface area contributed by atoms with Crippen molar-refractivity contribution < 1.29 is 59.4 Å². The van der Waals surface area contributed by atoms with Gasteiger partial charge in [-0.2, -0.15) is 0 Å². The monoisotopic (exact) mass is 555 g/mol. The molecular weight excluding hydrogens is 514 g/mol. The van der Waals surface area contributed by atoms with Crippen LogP contribution in [0.25, 0.3) is 0 Å². The van der Waals surface area contributed by atoms with E-state index in [4.69, 9.17) is 46.6 Å². The fraction of sp³-hybridized carbons (Fsp3) is 1.00. The number of hydrogen-bond donors (Lipinski definition) is 12. The van der Waals surface area contributed by atoms with Gasteiger partial charge in [0, 0.05) is 12.1 Å². The SMILES string of the molecule is CNC1C(OC2OC(CO)C(N)C(O)C2O)O[C@@H]2C(O[C@H](OC3C(N)CC(N)C(O)C3O)[C@@H](N)C2O)C1O. The second kappa shape index (κ2) is 12.0. The van der Waals surface area contributed by atoms with Gasteiger partial charge < -0.3 is 87.7 Å². The minimum absolute atomic E-state index is 0.151. The largest absolute Gasteiger partial charge is 0.394 e. The predicted molar refractivity (Wildman–Crippen MR) is 124 cm³/mol. The Bertz CT molecular complexity index is 789. The van der Waals surface area contributed by atoms with Crippen molar-refractivity contribution >= 4 is 0 Å². The van der Waals surface area contributed by atoms with Crippen LogP contribution in [0.15, 0.2) is 0 Å².